The molecule has 3 aliphatic rings. The predicted octanol–water partition coefficient (Wildman–Crippen LogP) is 31.9. The lowest BCUT2D eigenvalue weighted by Crippen LogP contribution is -2.01. The average Bonchev–Trinajstić information content (AvgIpc) is 1.43. The molecule has 9 heteroatoms. The average molecular weight is 1620 g/mol. The molecule has 0 fully saturated rings. The van der Waals surface area contributed by atoms with Crippen LogP contribution < -0.4 is 0 Å². The molecular formula is C114H66N6S3. The number of hydrogen-bond donors (Lipinski definition) is 0. The molecule has 9 heterocycles. The van der Waals surface area contributed by atoms with Crippen LogP contribution in [-0.4, -0.2) is 29.9 Å². The van der Waals surface area contributed by atoms with Gasteiger partial charge in [-0.25, -0.2) is 29.9 Å². The van der Waals surface area contributed by atoms with Gasteiger partial charge in [0.1, 0.15) is 0 Å². The lowest BCUT2D eigenvalue weighted by molar-refractivity contribution is 1.29. The highest BCUT2D eigenvalue weighted by Gasteiger charge is 2.31. The lowest BCUT2D eigenvalue weighted by atomic mass is 9.80. The summed E-state index contributed by atoms with van der Waals surface area (Å²) in [6.07, 6.45) is 5.56. The first-order valence-corrected chi connectivity index (χ1v) is 44.0. The molecule has 0 aliphatic heterocycles. The fourth-order valence-corrected chi connectivity index (χ4v) is 23.2. The van der Waals surface area contributed by atoms with Crippen LogP contribution >= 0.6 is 34.0 Å². The summed E-state index contributed by atoms with van der Waals surface area (Å²) in [4.78, 5) is 30.1. The molecule has 123 heavy (non-hydrogen) atoms. The zero-order valence-corrected chi connectivity index (χ0v) is 68.5. The van der Waals surface area contributed by atoms with Crippen molar-refractivity contribution in [2.45, 2.75) is 0 Å². The van der Waals surface area contributed by atoms with Crippen LogP contribution in [0.3, 0.4) is 0 Å². The monoisotopic (exact) mass is 1610 g/mol. The molecule has 0 radical (unpaired) electrons. The van der Waals surface area contributed by atoms with Crippen molar-refractivity contribution in [1.29, 1.82) is 0 Å². The van der Waals surface area contributed by atoms with Gasteiger partial charge in [-0.1, -0.05) is 309 Å². The molecule has 27 rings (SSSR count). The van der Waals surface area contributed by atoms with Gasteiger partial charge < -0.3 is 0 Å². The van der Waals surface area contributed by atoms with Gasteiger partial charge in [0.15, 0.2) is 16.9 Å². The molecule has 0 bridgehead atoms. The molecule has 9 aromatic heterocycles. The molecule has 0 spiro atoms. The number of nitrogens with zero attached hydrogens (tertiary/aromatic N) is 6. The van der Waals surface area contributed by atoms with Gasteiger partial charge in [-0.2, -0.15) is 0 Å². The van der Waals surface area contributed by atoms with Gasteiger partial charge in [0.25, 0.3) is 0 Å². The van der Waals surface area contributed by atoms with Gasteiger partial charge in [-0.3, -0.25) is 0 Å². The summed E-state index contributed by atoms with van der Waals surface area (Å²) in [6, 6.07) is 138. The predicted molar refractivity (Wildman–Crippen MR) is 519 cm³/mol. The number of rotatable bonds is 3. The molecule has 0 saturated heterocycles. The van der Waals surface area contributed by atoms with Crippen molar-refractivity contribution in [1.82, 2.24) is 29.9 Å². The molecule has 0 saturated carbocycles. The fourth-order valence-electron chi connectivity index (χ4n) is 19.5. The van der Waals surface area contributed by atoms with E-state index in [4.69, 9.17) is 19.9 Å². The first kappa shape index (κ1) is 70.6. The number of thiophene rings is 3. The highest BCUT2D eigenvalue weighted by Crippen LogP contribution is 2.56. The van der Waals surface area contributed by atoms with Crippen molar-refractivity contribution >= 4 is 128 Å². The molecule has 0 N–H and O–H groups in total. The lowest BCUT2D eigenvalue weighted by Gasteiger charge is -2.24. The van der Waals surface area contributed by atoms with Crippen LogP contribution in [0.25, 0.3) is 261 Å². The van der Waals surface area contributed by atoms with Crippen LogP contribution in [0.2, 0.25) is 0 Å². The van der Waals surface area contributed by atoms with Gasteiger partial charge >= 0.3 is 0 Å². The van der Waals surface area contributed by atoms with E-state index in [2.05, 4.69) is 380 Å². The van der Waals surface area contributed by atoms with Crippen LogP contribution in [0, 0.1) is 0 Å². The summed E-state index contributed by atoms with van der Waals surface area (Å²) < 4.78 is 7.85. The smallest absolute Gasteiger partial charge is 0.160 e. The van der Waals surface area contributed by atoms with Crippen molar-refractivity contribution in [2.75, 3.05) is 0 Å². The van der Waals surface area contributed by atoms with Gasteiger partial charge in [0.05, 0.1) is 17.1 Å². The Morgan fingerprint density at radius 1 is 0.163 bits per heavy atom. The number of fused-ring (bicyclic) bond motifs is 36. The van der Waals surface area contributed by atoms with Crippen molar-refractivity contribution in [3.8, 4) is 167 Å². The van der Waals surface area contributed by atoms with E-state index >= 15 is 0 Å². The van der Waals surface area contributed by atoms with Crippen molar-refractivity contribution < 1.29 is 0 Å². The Bertz CT molecular complexity index is 8540. The molecule has 0 unspecified atom stereocenters. The maximum absolute atomic E-state index is 5.33. The van der Waals surface area contributed by atoms with E-state index in [1.807, 2.05) is 64.7 Å². The standard InChI is InChI=1S/3C38H22N2S/c1-3-13-26-24(11-1)25-12-2-4-14-27(25)33-22-23-10-9-21-39-38(23)40-36(33)35-29(26)16-7-17-30(35)32-19-8-18-31-28-15-5-6-20-34(28)41-37(31)32;1-2-12-28-26(10-1)27-11-3-4-13-29(27)34-22-24-9-8-20-39-38(24)40-36(34)33-21-23(18-19-30(28)33)25-15-7-16-32-31-14-5-6-17-35(31)41-37(25)32;1-2-11-24-23(10-1)25-12-3-4-14-27(25)33-22-34-28(20-21-39-38(34)40-36(33)30-16-6-5-13-26(24)30)31-17-9-18-32-29-15-7-8-19-35(29)41-37(31)32/h3*1-22H. The second-order valence-corrected chi connectivity index (χ2v) is 34.8. The van der Waals surface area contributed by atoms with E-state index in [-0.39, 0.29) is 0 Å². The van der Waals surface area contributed by atoms with Crippen LogP contribution in [0.4, 0.5) is 0 Å². The maximum Gasteiger partial charge on any atom is 0.160 e. The highest BCUT2D eigenvalue weighted by molar-refractivity contribution is 7.27. The Morgan fingerprint density at radius 2 is 0.472 bits per heavy atom. The molecule has 0 atom stereocenters. The minimum Gasteiger partial charge on any atom is -0.237 e. The minimum absolute atomic E-state index is 0.762. The molecule has 15 aromatic carbocycles. The largest absolute Gasteiger partial charge is 0.237 e. The number of aromatic nitrogens is 6. The summed E-state index contributed by atoms with van der Waals surface area (Å²) in [5, 5.41) is 11.0. The third-order valence-corrected chi connectivity index (χ3v) is 28.6. The number of benzene rings is 15. The van der Waals surface area contributed by atoms with Crippen molar-refractivity contribution in [2.24, 2.45) is 0 Å². The molecular weight excluding hydrogens is 1550 g/mol. The first-order chi connectivity index (χ1) is 61.0. The first-order valence-electron chi connectivity index (χ1n) is 41.5. The second-order valence-electron chi connectivity index (χ2n) is 31.6. The van der Waals surface area contributed by atoms with Crippen LogP contribution in [0.15, 0.2) is 401 Å². The van der Waals surface area contributed by atoms with E-state index in [0.29, 0.717) is 0 Å². The number of hydrogen-bond acceptors (Lipinski definition) is 9. The van der Waals surface area contributed by atoms with Crippen molar-refractivity contribution in [3.05, 3.63) is 401 Å². The van der Waals surface area contributed by atoms with E-state index in [1.165, 1.54) is 172 Å². The van der Waals surface area contributed by atoms with Gasteiger partial charge in [-0.05, 0) is 179 Å². The van der Waals surface area contributed by atoms with Crippen molar-refractivity contribution in [3.63, 3.8) is 0 Å². The Balaban J connectivity index is 0.000000101. The quantitative estimate of drug-likeness (QED) is 0.175. The third kappa shape index (κ3) is 11.4. The minimum atomic E-state index is 0.762. The normalized spacial score (nSPS) is 11.9. The summed E-state index contributed by atoms with van der Waals surface area (Å²) >= 11 is 5.59. The molecule has 0 amide bonds. The topological polar surface area (TPSA) is 77.3 Å². The zero-order valence-electron chi connectivity index (χ0n) is 66.0. The maximum atomic E-state index is 5.33. The van der Waals surface area contributed by atoms with E-state index in [9.17, 15) is 0 Å². The Morgan fingerprint density at radius 3 is 0.951 bits per heavy atom. The summed E-state index contributed by atoms with van der Waals surface area (Å²) in [6.45, 7) is 0. The Labute approximate surface area is 720 Å². The number of pyridine rings is 6. The summed E-state index contributed by atoms with van der Waals surface area (Å²) in [5.74, 6) is 0. The van der Waals surface area contributed by atoms with E-state index in [0.717, 1.165) is 89.1 Å². The van der Waals surface area contributed by atoms with Gasteiger partial charge in [0.2, 0.25) is 0 Å². The fraction of sp³-hybridized carbons (Fsp3) is 0. The summed E-state index contributed by atoms with van der Waals surface area (Å²) in [5.41, 5.74) is 37.4. The van der Waals surface area contributed by atoms with Crippen LogP contribution in [0.1, 0.15) is 0 Å². The van der Waals surface area contributed by atoms with E-state index in [1.54, 1.807) is 0 Å². The zero-order chi connectivity index (χ0) is 80.7. The Hall–Kier alpha value is -15.4. The summed E-state index contributed by atoms with van der Waals surface area (Å²) in [7, 11) is 0. The van der Waals surface area contributed by atoms with Crippen LogP contribution in [0.5, 0.6) is 0 Å². The second kappa shape index (κ2) is 28.7. The molecule has 3 aliphatic carbocycles. The van der Waals surface area contributed by atoms with Gasteiger partial charge in [0, 0.05) is 140 Å². The van der Waals surface area contributed by atoms with Gasteiger partial charge in [-0.15, -0.1) is 34.0 Å². The molecule has 570 valence electrons. The van der Waals surface area contributed by atoms with Crippen LogP contribution in [-0.2, 0) is 0 Å². The Kier molecular flexibility index (Phi) is 16.5. The third-order valence-electron chi connectivity index (χ3n) is 24.9. The van der Waals surface area contributed by atoms with E-state index < -0.39 is 0 Å². The molecule has 6 nitrogen and oxygen atoms in total. The molecule has 24 aromatic rings. The SMILES string of the molecule is c1ccc2c(c1)-c1ccccc1-c1cc3c(-c4cccc5c4sc4ccccc45)ccnc3nc1-c1ccccc1-2.c1ccc2c(c1)-c1ccccc1-c1cc3cccnc3nc1-c1cc(-c3cccc4c3sc3ccccc34)ccc1-2.c1ccc2c(c1)-c1ccccc1-c1cccc(-c3cccc4c3sc3ccccc34)c1-c1nc3ncccc3cc1-2. The highest BCUT2D eigenvalue weighted by atomic mass is 32.1.